The van der Waals surface area contributed by atoms with E-state index in [1.54, 1.807) is 0 Å². The molecule has 2 bridgehead atoms. The van der Waals surface area contributed by atoms with Gasteiger partial charge in [0, 0.05) is 13.8 Å². The van der Waals surface area contributed by atoms with Gasteiger partial charge in [-0.1, -0.05) is 6.42 Å². The molecule has 34 heavy (non-hydrogen) atoms. The molecule has 6 atom stereocenters. The van der Waals surface area contributed by atoms with Crippen molar-refractivity contribution in [2.75, 3.05) is 0 Å². The van der Waals surface area contributed by atoms with Crippen LogP contribution in [0.3, 0.4) is 0 Å². The van der Waals surface area contributed by atoms with E-state index < -0.39 is 83.3 Å². The first kappa shape index (κ1) is 25.2. The lowest BCUT2D eigenvalue weighted by atomic mass is 9.72. The van der Waals surface area contributed by atoms with Crippen molar-refractivity contribution in [1.82, 2.24) is 0 Å². The first-order valence-corrected chi connectivity index (χ1v) is 10.9. The van der Waals surface area contributed by atoms with Gasteiger partial charge in [0.15, 0.2) is 0 Å². The van der Waals surface area contributed by atoms with Gasteiger partial charge in [-0.25, -0.2) is 0 Å². The Balaban J connectivity index is 1.99. The zero-order chi connectivity index (χ0) is 25.2. The third-order valence-electron chi connectivity index (χ3n) is 6.39. The van der Waals surface area contributed by atoms with E-state index in [4.69, 9.17) is 9.47 Å². The van der Waals surface area contributed by atoms with Crippen LogP contribution in [0.1, 0.15) is 52.4 Å². The summed E-state index contributed by atoms with van der Waals surface area (Å²) in [7, 11) is 0. The Morgan fingerprint density at radius 1 is 0.676 bits per heavy atom. The molecule has 3 aliphatic rings. The van der Waals surface area contributed by atoms with Gasteiger partial charge in [-0.15, -0.1) is 0 Å². The van der Waals surface area contributed by atoms with Crippen molar-refractivity contribution in [1.29, 1.82) is 0 Å². The fourth-order valence-electron chi connectivity index (χ4n) is 4.86. The number of fused-ring (bicyclic) bond motifs is 4. The van der Waals surface area contributed by atoms with Gasteiger partial charge < -0.3 is 18.9 Å². The molecule has 0 spiro atoms. The quantitative estimate of drug-likeness (QED) is 0.302. The van der Waals surface area contributed by atoms with Gasteiger partial charge in [-0.2, -0.15) is 0 Å². The van der Waals surface area contributed by atoms with Crippen molar-refractivity contribution in [3.63, 3.8) is 0 Å². The molecule has 6 unspecified atom stereocenters. The summed E-state index contributed by atoms with van der Waals surface area (Å²) < 4.78 is 18.9. The number of carbonyl (C=O) groups excluding carboxylic acids is 8. The molecular weight excluding hydrogens is 456 g/mol. The molecule has 3 rings (SSSR count). The summed E-state index contributed by atoms with van der Waals surface area (Å²) >= 11 is 0. The Hall–Kier alpha value is -3.44. The molecule has 12 nitrogen and oxygen atoms in total. The van der Waals surface area contributed by atoms with Crippen molar-refractivity contribution in [2.24, 2.45) is 35.5 Å². The molecule has 3 fully saturated rings. The van der Waals surface area contributed by atoms with Crippen LogP contribution in [0, 0.1) is 35.5 Å². The van der Waals surface area contributed by atoms with E-state index >= 15 is 0 Å². The van der Waals surface area contributed by atoms with Crippen LogP contribution in [0.4, 0.5) is 0 Å². The summed E-state index contributed by atoms with van der Waals surface area (Å²) in [6.45, 7) is 2.04. The molecule has 0 aromatic heterocycles. The maximum Gasteiger partial charge on any atom is 0.318 e. The predicted octanol–water partition coefficient (Wildman–Crippen LogP) is 0.384. The molecule has 0 amide bonds. The second-order valence-electron chi connectivity index (χ2n) is 8.77. The first-order chi connectivity index (χ1) is 16.0. The van der Waals surface area contributed by atoms with E-state index in [2.05, 4.69) is 9.47 Å². The average molecular weight is 480 g/mol. The molecule has 0 aromatic carbocycles. The molecule has 0 aromatic rings. The van der Waals surface area contributed by atoms with Crippen LogP contribution < -0.4 is 0 Å². The lowest BCUT2D eigenvalue weighted by molar-refractivity contribution is -0.176. The summed E-state index contributed by atoms with van der Waals surface area (Å²) in [4.78, 5) is 97.6. The Bertz CT molecular complexity index is 950. The summed E-state index contributed by atoms with van der Waals surface area (Å²) in [5, 5.41) is 0. The van der Waals surface area contributed by atoms with Crippen LogP contribution >= 0.6 is 0 Å². The van der Waals surface area contributed by atoms with Crippen LogP contribution in [-0.2, 0) is 57.3 Å². The smallest absolute Gasteiger partial charge is 0.318 e. The Morgan fingerprint density at radius 3 is 1.79 bits per heavy atom. The fraction of sp³-hybridized carbons (Fsp3) is 0.636. The largest absolute Gasteiger partial charge is 0.393 e. The number of carbonyl (C=O) groups is 8. The van der Waals surface area contributed by atoms with E-state index in [1.165, 1.54) is 0 Å². The van der Waals surface area contributed by atoms with E-state index in [-0.39, 0.29) is 38.5 Å². The van der Waals surface area contributed by atoms with Crippen molar-refractivity contribution < 1.29 is 57.3 Å². The number of esters is 8. The van der Waals surface area contributed by atoms with Gasteiger partial charge >= 0.3 is 47.8 Å². The van der Waals surface area contributed by atoms with Gasteiger partial charge in [0.1, 0.15) is 0 Å². The number of ether oxygens (including phenoxy) is 4. The zero-order valence-electron chi connectivity index (χ0n) is 18.6. The SMILES string of the molecule is CC(=O)OC(=O)C1CCCC2CC(C(=O)OC2=O)C2C(=O)OC(=O)C2CC(C(=O)OC(C)=O)C1. The third kappa shape index (κ3) is 5.54. The summed E-state index contributed by atoms with van der Waals surface area (Å²) in [6.07, 6.45) is -0.119. The zero-order valence-corrected chi connectivity index (χ0v) is 18.6. The molecule has 184 valence electrons. The van der Waals surface area contributed by atoms with Crippen LogP contribution in [0.25, 0.3) is 0 Å². The predicted molar refractivity (Wildman–Crippen MR) is 104 cm³/mol. The highest BCUT2D eigenvalue weighted by molar-refractivity contribution is 6.01. The molecule has 2 saturated heterocycles. The fourth-order valence-corrected chi connectivity index (χ4v) is 4.86. The lowest BCUT2D eigenvalue weighted by Crippen LogP contribution is -2.43. The minimum absolute atomic E-state index is 0.0632. The summed E-state index contributed by atoms with van der Waals surface area (Å²) in [5.74, 6) is -14.1. The van der Waals surface area contributed by atoms with Gasteiger partial charge in [0.05, 0.1) is 35.5 Å². The molecule has 1 aliphatic carbocycles. The van der Waals surface area contributed by atoms with Crippen molar-refractivity contribution in [3.8, 4) is 0 Å². The maximum absolute atomic E-state index is 12.7. The van der Waals surface area contributed by atoms with Gasteiger partial charge in [-0.05, 0) is 32.1 Å². The summed E-state index contributed by atoms with van der Waals surface area (Å²) in [5.41, 5.74) is 0. The first-order valence-electron chi connectivity index (χ1n) is 10.9. The van der Waals surface area contributed by atoms with E-state index in [0.29, 0.717) is 0 Å². The van der Waals surface area contributed by atoms with Gasteiger partial charge in [0.25, 0.3) is 0 Å². The van der Waals surface area contributed by atoms with Crippen molar-refractivity contribution >= 4 is 47.8 Å². The Labute approximate surface area is 193 Å². The minimum atomic E-state index is -1.30. The van der Waals surface area contributed by atoms with E-state index in [0.717, 1.165) is 13.8 Å². The second-order valence-corrected chi connectivity index (χ2v) is 8.77. The molecular formula is C22H24O12. The Kier molecular flexibility index (Phi) is 7.57. The lowest BCUT2D eigenvalue weighted by Gasteiger charge is -2.32. The van der Waals surface area contributed by atoms with Crippen molar-refractivity contribution in [2.45, 2.75) is 52.4 Å². The van der Waals surface area contributed by atoms with E-state index in [1.807, 2.05) is 0 Å². The highest BCUT2D eigenvalue weighted by Crippen LogP contribution is 2.43. The highest BCUT2D eigenvalue weighted by Gasteiger charge is 2.55. The number of hydrogen-bond donors (Lipinski definition) is 0. The molecule has 0 N–H and O–H groups in total. The van der Waals surface area contributed by atoms with Crippen LogP contribution in [-0.4, -0.2) is 47.8 Å². The van der Waals surface area contributed by atoms with Crippen LogP contribution in [0.2, 0.25) is 0 Å². The molecule has 2 heterocycles. The molecule has 1 saturated carbocycles. The molecule has 0 radical (unpaired) electrons. The van der Waals surface area contributed by atoms with Crippen LogP contribution in [0.15, 0.2) is 0 Å². The second kappa shape index (κ2) is 10.2. The standard InChI is InChI=1S/C22H24O12/c1-9(23)31-17(25)11-4-3-5-12-7-14(20(28)33-18(12)26)16-15(21(29)34-22(16)30)8-13(6-11)19(27)32-10(2)24/h11-16H,3-8H2,1-2H3. The van der Waals surface area contributed by atoms with Gasteiger partial charge in [0.2, 0.25) is 0 Å². The van der Waals surface area contributed by atoms with Crippen molar-refractivity contribution in [3.05, 3.63) is 0 Å². The van der Waals surface area contributed by atoms with E-state index in [9.17, 15) is 38.4 Å². The Morgan fingerprint density at radius 2 is 1.21 bits per heavy atom. The molecule has 12 heteroatoms. The number of cyclic esters (lactones) is 4. The van der Waals surface area contributed by atoms with Gasteiger partial charge in [-0.3, -0.25) is 38.4 Å². The number of hydrogen-bond acceptors (Lipinski definition) is 12. The minimum Gasteiger partial charge on any atom is -0.393 e. The highest BCUT2D eigenvalue weighted by atomic mass is 16.6. The number of rotatable bonds is 2. The average Bonchev–Trinajstić information content (AvgIpc) is 2.98. The summed E-state index contributed by atoms with van der Waals surface area (Å²) in [6, 6.07) is 0. The maximum atomic E-state index is 12.7. The van der Waals surface area contributed by atoms with Crippen LogP contribution in [0.5, 0.6) is 0 Å². The normalized spacial score (nSPS) is 31.7. The topological polar surface area (TPSA) is 173 Å². The third-order valence-corrected chi connectivity index (χ3v) is 6.39. The molecule has 2 aliphatic heterocycles. The monoisotopic (exact) mass is 480 g/mol.